The maximum atomic E-state index is 8.25. The summed E-state index contributed by atoms with van der Waals surface area (Å²) < 4.78 is 0. The van der Waals surface area contributed by atoms with E-state index in [1.54, 1.807) is 0 Å². The summed E-state index contributed by atoms with van der Waals surface area (Å²) in [4.78, 5) is 41.2. The molecule has 20 nitrogen and oxygen atoms in total. The van der Waals surface area contributed by atoms with Crippen LogP contribution in [-0.2, 0) is 0 Å². The van der Waals surface area contributed by atoms with Crippen molar-refractivity contribution in [1.82, 2.24) is 0 Å². The van der Waals surface area contributed by atoms with Crippen LogP contribution < -0.4 is 0 Å². The first-order chi connectivity index (χ1) is 8.66. The van der Waals surface area contributed by atoms with Crippen LogP contribution in [0.2, 0.25) is 0 Å². The van der Waals surface area contributed by atoms with Gasteiger partial charge in [0.25, 0.3) is 0 Å². The Bertz CT molecular complexity index is 213. The maximum absolute atomic E-state index is 8.25. The molecule has 22 heteroatoms. The molecule has 0 aliphatic rings. The molecule has 0 aromatic heterocycles. The third-order valence-corrected chi connectivity index (χ3v) is 0. The van der Waals surface area contributed by atoms with Crippen molar-refractivity contribution in [2.45, 2.75) is 0 Å². The van der Waals surface area contributed by atoms with E-state index in [2.05, 4.69) is 0 Å². The van der Waals surface area contributed by atoms with Crippen LogP contribution in [0.1, 0.15) is 0 Å². The van der Waals surface area contributed by atoms with E-state index in [0.717, 1.165) is 0 Å². The van der Waals surface area contributed by atoms with E-state index < -0.39 is 25.4 Å². The minimum atomic E-state index is -1.75. The number of rotatable bonds is 0. The Balaban J connectivity index is -0.0000000250. The smallest absolute Gasteiger partial charge is 0.356 e. The van der Waals surface area contributed by atoms with Crippen molar-refractivity contribution in [2.24, 2.45) is 0 Å². The quantitative estimate of drug-likeness (QED) is 0.177. The minimum Gasteiger partial charge on any atom is -0.356 e. The number of hydrogen-bond donors (Lipinski definition) is 0. The molecule has 0 fully saturated rings. The van der Waals surface area contributed by atoms with Crippen molar-refractivity contribution in [3.8, 4) is 0 Å². The first-order valence-electron chi connectivity index (χ1n) is 2.74. The molecule has 0 aromatic carbocycles. The van der Waals surface area contributed by atoms with Crippen LogP contribution in [-0.4, -0.2) is 89.4 Å². The van der Waals surface area contributed by atoms with Gasteiger partial charge in [0.15, 0.2) is 0 Å². The Labute approximate surface area is 165 Å². The van der Waals surface area contributed by atoms with Gasteiger partial charge in [-0.25, -0.2) is 0 Å². The molecular formula is BiCaN5O15. The zero-order valence-electron chi connectivity index (χ0n) is 9.51. The molecule has 2 radical (unpaired) electrons. The van der Waals surface area contributed by atoms with E-state index in [1.807, 2.05) is 0 Å². The summed E-state index contributed by atoms with van der Waals surface area (Å²) in [5, 5.41) is 73.8. The average Bonchev–Trinajstić information content (AvgIpc) is 1.94. The third-order valence-electron chi connectivity index (χ3n) is 0. The van der Waals surface area contributed by atoms with Crippen molar-refractivity contribution in [3.05, 3.63) is 76.6 Å². The first kappa shape index (κ1) is 42.7. The Morgan fingerprint density at radius 3 is 0.364 bits per heavy atom. The minimum absolute atomic E-state index is 0. The second-order valence-electron chi connectivity index (χ2n) is 1.12. The van der Waals surface area contributed by atoms with Crippen LogP contribution in [0.3, 0.4) is 0 Å². The van der Waals surface area contributed by atoms with Gasteiger partial charge < -0.3 is 76.6 Å². The van der Waals surface area contributed by atoms with Gasteiger partial charge in [-0.05, 0) is 0 Å². The normalized spacial score (nSPS) is 5.45. The molecular weight excluding hydrogens is 559 g/mol. The average molecular weight is 559 g/mol. The summed E-state index contributed by atoms with van der Waals surface area (Å²) in [7, 11) is 0. The van der Waals surface area contributed by atoms with Gasteiger partial charge in [-0.15, -0.1) is 0 Å². The fraction of sp³-hybridized carbons (Fsp3) is 0. The standard InChI is InChI=1S/Bi.Ca.5NO3/c;;5*2-1(3)4/q+3;+2;5*-1. The first-order valence-corrected chi connectivity index (χ1v) is 2.74. The van der Waals surface area contributed by atoms with Crippen LogP contribution >= 0.6 is 0 Å². The van der Waals surface area contributed by atoms with E-state index in [0.29, 0.717) is 0 Å². The second-order valence-corrected chi connectivity index (χ2v) is 1.12. The molecule has 0 N–H and O–H groups in total. The Morgan fingerprint density at radius 1 is 0.364 bits per heavy atom. The molecule has 0 unspecified atom stereocenters. The predicted octanol–water partition coefficient (Wildman–Crippen LogP) is -1.96. The Morgan fingerprint density at radius 2 is 0.364 bits per heavy atom. The molecule has 0 heterocycles. The van der Waals surface area contributed by atoms with Crippen LogP contribution in [0.4, 0.5) is 0 Å². The van der Waals surface area contributed by atoms with Gasteiger partial charge in [-0.1, -0.05) is 0 Å². The van der Waals surface area contributed by atoms with E-state index in [9.17, 15) is 0 Å². The monoisotopic (exact) mass is 559 g/mol. The van der Waals surface area contributed by atoms with E-state index in [4.69, 9.17) is 76.6 Å². The zero-order valence-corrected chi connectivity index (χ0v) is 15.2. The molecule has 0 bridgehead atoms. The van der Waals surface area contributed by atoms with Gasteiger partial charge in [-0.2, -0.15) is 0 Å². The van der Waals surface area contributed by atoms with Crippen molar-refractivity contribution >= 4 is 63.9 Å². The summed E-state index contributed by atoms with van der Waals surface area (Å²) in [5.41, 5.74) is 0. The SMILES string of the molecule is O=[N+]([O-])[O-].O=[N+]([O-])[O-].O=[N+]([O-])[O-].O=[N+]([O-])[O-].O=[N+]([O-])[O-].[Bi+3].[Ca+2]. The third kappa shape index (κ3) is 1550. The molecule has 122 valence electrons. The van der Waals surface area contributed by atoms with Crippen LogP contribution in [0.25, 0.3) is 0 Å². The van der Waals surface area contributed by atoms with E-state index in [1.165, 1.54) is 0 Å². The summed E-state index contributed by atoms with van der Waals surface area (Å²) in [6, 6.07) is 0. The zero-order chi connectivity index (χ0) is 17.9. The predicted molar refractivity (Wildman–Crippen MR) is 63.3 cm³/mol. The van der Waals surface area contributed by atoms with Gasteiger partial charge in [0.05, 0.1) is 25.4 Å². The summed E-state index contributed by atoms with van der Waals surface area (Å²) >= 11 is 0. The fourth-order valence-electron chi connectivity index (χ4n) is 0. The number of nitrogens with zero attached hydrogens (tertiary/aromatic N) is 5. The van der Waals surface area contributed by atoms with Gasteiger partial charge in [0, 0.05) is 0 Å². The van der Waals surface area contributed by atoms with Gasteiger partial charge in [0.2, 0.25) is 0 Å². The van der Waals surface area contributed by atoms with E-state index in [-0.39, 0.29) is 63.9 Å². The Kier molecular flexibility index (Phi) is 70.9. The molecule has 0 saturated carbocycles. The summed E-state index contributed by atoms with van der Waals surface area (Å²) in [5.74, 6) is 0. The van der Waals surface area contributed by atoms with Gasteiger partial charge in [0.1, 0.15) is 0 Å². The summed E-state index contributed by atoms with van der Waals surface area (Å²) in [6.07, 6.45) is 0. The van der Waals surface area contributed by atoms with Crippen LogP contribution in [0.5, 0.6) is 0 Å². The molecule has 0 rings (SSSR count). The molecule has 0 aromatic rings. The maximum Gasteiger partial charge on any atom is 3.00 e. The molecule has 22 heavy (non-hydrogen) atoms. The van der Waals surface area contributed by atoms with Gasteiger partial charge >= 0.3 is 63.9 Å². The largest absolute Gasteiger partial charge is 3.00 e. The molecule has 0 atom stereocenters. The van der Waals surface area contributed by atoms with Crippen LogP contribution in [0.15, 0.2) is 0 Å². The molecule has 0 saturated heterocycles. The fourth-order valence-corrected chi connectivity index (χ4v) is 0. The molecule has 0 aliphatic heterocycles. The Hall–Kier alpha value is -1.86. The van der Waals surface area contributed by atoms with Crippen molar-refractivity contribution in [3.63, 3.8) is 0 Å². The van der Waals surface area contributed by atoms with Crippen molar-refractivity contribution in [2.75, 3.05) is 0 Å². The van der Waals surface area contributed by atoms with Crippen molar-refractivity contribution < 1.29 is 25.4 Å². The second kappa shape index (κ2) is 36.5. The summed E-state index contributed by atoms with van der Waals surface area (Å²) in [6.45, 7) is 0. The molecule has 0 amide bonds. The van der Waals surface area contributed by atoms with Gasteiger partial charge in [-0.3, -0.25) is 0 Å². The molecule has 0 spiro atoms. The topological polar surface area (TPSA) is 331 Å². The van der Waals surface area contributed by atoms with Crippen LogP contribution in [0, 0.1) is 76.6 Å². The van der Waals surface area contributed by atoms with Crippen molar-refractivity contribution in [1.29, 1.82) is 0 Å². The van der Waals surface area contributed by atoms with E-state index >= 15 is 0 Å². The molecule has 0 aliphatic carbocycles. The number of hydrogen-bond acceptors (Lipinski definition) is 15.